The van der Waals surface area contributed by atoms with Gasteiger partial charge in [0.05, 0.1) is 0 Å². The molecule has 0 saturated heterocycles. The molecule has 5 N–H and O–H groups in total. The Morgan fingerprint density at radius 1 is 1.00 bits per heavy atom. The summed E-state index contributed by atoms with van der Waals surface area (Å²) < 4.78 is 0. The fourth-order valence-corrected chi connectivity index (χ4v) is 0. The van der Waals surface area contributed by atoms with Crippen LogP contribution in [-0.4, -0.2) is 28.5 Å². The van der Waals surface area contributed by atoms with Crippen molar-refractivity contribution in [3.05, 3.63) is 0 Å². The number of rotatable bonds is 0. The lowest BCUT2D eigenvalue weighted by atomic mass is 14.0. The summed E-state index contributed by atoms with van der Waals surface area (Å²) in [7, 11) is 0. The molecule has 0 aliphatic heterocycles. The van der Waals surface area contributed by atoms with Gasteiger partial charge in [0.1, 0.15) is 0 Å². The molecule has 1 atom stereocenters. The van der Waals surface area contributed by atoms with E-state index in [-0.39, 0.29) is 44.6 Å². The molecule has 0 rings (SSSR count). The van der Waals surface area contributed by atoms with E-state index in [0.29, 0.717) is 0 Å². The van der Waals surface area contributed by atoms with E-state index in [1.807, 2.05) is 0 Å². The summed E-state index contributed by atoms with van der Waals surface area (Å²) in [6, 6.07) is 0. The largest absolute Gasteiger partial charge is 0.412 e. The van der Waals surface area contributed by atoms with Crippen molar-refractivity contribution < 1.29 is 5.48 Å². The van der Waals surface area contributed by atoms with Crippen LogP contribution in [0.25, 0.3) is 0 Å². The Labute approximate surface area is 45.0 Å². The van der Waals surface area contributed by atoms with Crippen molar-refractivity contribution >= 4 is 33.0 Å². The highest BCUT2D eigenvalue weighted by atomic mass is 31.0. The molecule has 0 saturated carbocycles. The molecule has 0 bridgehead atoms. The van der Waals surface area contributed by atoms with E-state index in [1.54, 1.807) is 0 Å². The molecular weight excluding hydrogens is 85.3 g/mol. The molecule has 0 spiro atoms. The lowest BCUT2D eigenvalue weighted by Crippen LogP contribution is -0.481. The third kappa shape index (κ3) is 11.2. The van der Waals surface area contributed by atoms with Crippen LogP contribution in [0.3, 0.4) is 0 Å². The van der Waals surface area contributed by atoms with E-state index in [2.05, 4.69) is 0 Å². The van der Waals surface area contributed by atoms with Gasteiger partial charge in [0, 0.05) is 0 Å². The second-order valence-corrected chi connectivity index (χ2v) is 0. The SMILES string of the molecule is N.O.P.[MgH2]. The fourth-order valence-electron chi connectivity index (χ4n) is 0. The van der Waals surface area contributed by atoms with Crippen molar-refractivity contribution in [2.75, 3.05) is 0 Å². The lowest BCUT2D eigenvalue weighted by Gasteiger charge is -0.412. The van der Waals surface area contributed by atoms with Crippen LogP contribution in [0.5, 0.6) is 0 Å². The first-order valence-electron chi connectivity index (χ1n) is 0. The van der Waals surface area contributed by atoms with Crippen LogP contribution < -0.4 is 6.15 Å². The van der Waals surface area contributed by atoms with Gasteiger partial charge in [0.15, 0.2) is 0 Å². The van der Waals surface area contributed by atoms with Crippen molar-refractivity contribution in [1.82, 2.24) is 6.15 Å². The van der Waals surface area contributed by atoms with Crippen LogP contribution in [-0.2, 0) is 0 Å². The van der Waals surface area contributed by atoms with Crippen LogP contribution >= 0.6 is 9.90 Å². The molecule has 0 aliphatic rings. The van der Waals surface area contributed by atoms with Gasteiger partial charge in [-0.2, -0.15) is 9.90 Å². The van der Waals surface area contributed by atoms with Gasteiger partial charge in [-0.1, -0.05) is 0 Å². The monoisotopic (exact) mass is 95.0 g/mol. The van der Waals surface area contributed by atoms with Gasteiger partial charge in [-0.05, 0) is 0 Å². The minimum Gasteiger partial charge on any atom is -0.412 e. The van der Waals surface area contributed by atoms with Gasteiger partial charge in [-0.25, -0.2) is 0 Å². The summed E-state index contributed by atoms with van der Waals surface area (Å²) in [5.74, 6) is 0. The fraction of sp³-hybridized carbons (Fsp3) is 0. The Hall–Kier alpha value is 1.12. The van der Waals surface area contributed by atoms with Crippen LogP contribution in [0, 0.1) is 0 Å². The highest BCUT2D eigenvalue weighted by Crippen LogP contribution is 0.861. The third-order valence-corrected chi connectivity index (χ3v) is 0. The molecule has 28 valence electrons. The molecule has 0 fully saturated rings. The molecule has 4 heteroatoms. The van der Waals surface area contributed by atoms with Crippen molar-refractivity contribution in [2.45, 2.75) is 0 Å². The van der Waals surface area contributed by atoms with Gasteiger partial charge >= 0.3 is 23.1 Å². The zero-order valence-electron chi connectivity index (χ0n) is 1.91. The van der Waals surface area contributed by atoms with Gasteiger partial charge < -0.3 is 11.6 Å². The van der Waals surface area contributed by atoms with Crippen LogP contribution in [0.4, 0.5) is 0 Å². The first kappa shape index (κ1) is 69.6. The molecule has 4 heavy (non-hydrogen) atoms. The summed E-state index contributed by atoms with van der Waals surface area (Å²) in [5.41, 5.74) is 0. The first-order chi connectivity index (χ1) is 0. The first-order valence-corrected chi connectivity index (χ1v) is 0. The average molecular weight is 95.4 g/mol. The molecule has 0 aromatic rings. The van der Waals surface area contributed by atoms with Crippen molar-refractivity contribution in [2.24, 2.45) is 0 Å². The van der Waals surface area contributed by atoms with E-state index in [1.165, 1.54) is 0 Å². The second kappa shape index (κ2) is 32.1. The van der Waals surface area contributed by atoms with Crippen molar-refractivity contribution in [3.63, 3.8) is 0 Å². The van der Waals surface area contributed by atoms with E-state index in [4.69, 9.17) is 0 Å². The molecule has 2 nitrogen and oxygen atoms in total. The average Bonchev–Trinajstić information content (AvgIpc) is 0. The third-order valence-electron chi connectivity index (χ3n) is 0. The van der Waals surface area contributed by atoms with E-state index >= 15 is 0 Å². The van der Waals surface area contributed by atoms with Gasteiger partial charge in [-0.3, -0.25) is 0 Å². The summed E-state index contributed by atoms with van der Waals surface area (Å²) in [6.07, 6.45) is 0. The van der Waals surface area contributed by atoms with E-state index < -0.39 is 0 Å². The summed E-state index contributed by atoms with van der Waals surface area (Å²) in [5, 5.41) is 0. The number of hydrogen-bond acceptors (Lipinski definition) is 1. The predicted molar refractivity (Wildman–Crippen MR) is 28.3 cm³/mol. The Balaban J connectivity index is 0. The van der Waals surface area contributed by atoms with E-state index in [0.717, 1.165) is 0 Å². The molecule has 0 aliphatic carbocycles. The Morgan fingerprint density at radius 2 is 1.00 bits per heavy atom. The molecule has 1 unspecified atom stereocenters. The second-order valence-electron chi connectivity index (χ2n) is 0. The Bertz CT molecular complexity index is 8.00. The molecule has 0 radical (unpaired) electrons. The Kier molecular flexibility index (Phi) is 558. The topological polar surface area (TPSA) is 66.5 Å². The predicted octanol–water partition coefficient (Wildman–Crippen LogP) is -1.52. The standard InChI is InChI=1S/Mg.H3N.H2O.H3P.2H/h;1H3;1H2;1H3;;. The maximum atomic E-state index is 0. The van der Waals surface area contributed by atoms with Gasteiger partial charge in [0.25, 0.3) is 0 Å². The summed E-state index contributed by atoms with van der Waals surface area (Å²) in [4.78, 5) is 0. The number of hydrogen-bond donors (Lipinski definition) is 1. The molecule has 0 amide bonds. The van der Waals surface area contributed by atoms with Crippen LogP contribution in [0.15, 0.2) is 0 Å². The smallest absolute Gasteiger partial charge is 0.316 e. The maximum Gasteiger partial charge on any atom is 0.316 e. The lowest BCUT2D eigenvalue weighted by molar-refractivity contribution is 0.824. The van der Waals surface area contributed by atoms with E-state index in [9.17, 15) is 0 Å². The molecule has 0 heterocycles. The molecule has 0 aromatic heterocycles. The maximum absolute atomic E-state index is 0. The van der Waals surface area contributed by atoms with Gasteiger partial charge in [0.2, 0.25) is 0 Å². The summed E-state index contributed by atoms with van der Waals surface area (Å²) in [6.45, 7) is 0. The normalized spacial score (nSPS) is 0. The zero-order chi connectivity index (χ0) is 0. The quantitative estimate of drug-likeness (QED) is 0.288. The van der Waals surface area contributed by atoms with Crippen molar-refractivity contribution in [3.8, 4) is 0 Å². The zero-order valence-corrected chi connectivity index (χ0v) is 3.33. The Morgan fingerprint density at radius 3 is 1.00 bits per heavy atom. The van der Waals surface area contributed by atoms with Crippen LogP contribution in [0.1, 0.15) is 0 Å². The summed E-state index contributed by atoms with van der Waals surface area (Å²) >= 11 is 0. The van der Waals surface area contributed by atoms with Crippen molar-refractivity contribution in [1.29, 1.82) is 0 Å². The van der Waals surface area contributed by atoms with Crippen LogP contribution in [0.2, 0.25) is 0 Å². The highest BCUT2D eigenvalue weighted by molar-refractivity contribution is 6.92. The minimum atomic E-state index is 0. The molecule has 0 aromatic carbocycles. The molecular formula is H10MgNOP. The minimum absolute atomic E-state index is 0. The highest BCUT2D eigenvalue weighted by Gasteiger charge is 0.316. The van der Waals surface area contributed by atoms with Gasteiger partial charge in [-0.15, -0.1) is 0 Å².